The van der Waals surface area contributed by atoms with Gasteiger partial charge in [-0.1, -0.05) is 39.0 Å². The molecule has 0 bridgehead atoms. The maximum absolute atomic E-state index is 12.8. The van der Waals surface area contributed by atoms with E-state index in [0.29, 0.717) is 11.4 Å². The summed E-state index contributed by atoms with van der Waals surface area (Å²) in [5.41, 5.74) is 0.281. The van der Waals surface area contributed by atoms with Gasteiger partial charge in [0.05, 0.1) is 12.8 Å². The van der Waals surface area contributed by atoms with E-state index in [0.717, 1.165) is 4.90 Å². The van der Waals surface area contributed by atoms with Crippen LogP contribution in [0, 0.1) is 5.41 Å². The van der Waals surface area contributed by atoms with E-state index in [-0.39, 0.29) is 11.2 Å². The van der Waals surface area contributed by atoms with Gasteiger partial charge in [-0.3, -0.25) is 9.59 Å². The normalized spacial score (nSPS) is 20.5. The summed E-state index contributed by atoms with van der Waals surface area (Å²) < 4.78 is 10.4. The predicted molar refractivity (Wildman–Crippen MR) is 122 cm³/mol. The third kappa shape index (κ3) is 6.69. The summed E-state index contributed by atoms with van der Waals surface area (Å²) in [5, 5.41) is 36.2. The van der Waals surface area contributed by atoms with Crippen LogP contribution in [-0.4, -0.2) is 77.6 Å². The van der Waals surface area contributed by atoms with Crippen molar-refractivity contribution in [3.8, 4) is 5.75 Å². The number of anilines is 1. The molecule has 1 unspecified atom stereocenters. The summed E-state index contributed by atoms with van der Waals surface area (Å²) in [7, 11) is 2.69. The van der Waals surface area contributed by atoms with E-state index in [4.69, 9.17) is 9.47 Å². The Labute approximate surface area is 192 Å². The number of ether oxygens (including phenoxy) is 2. The Morgan fingerprint density at radius 1 is 1.25 bits per heavy atom. The quantitative estimate of drug-likeness (QED) is 0.355. The first kappa shape index (κ1) is 26.1. The van der Waals surface area contributed by atoms with Gasteiger partial charge in [0.15, 0.2) is 6.10 Å². The van der Waals surface area contributed by atoms with Crippen LogP contribution >= 0.6 is 11.8 Å². The lowest BCUT2D eigenvalue weighted by atomic mass is 9.94. The Balaban J connectivity index is 2.08. The number of methoxy groups -OCH3 is 2. The van der Waals surface area contributed by atoms with Crippen molar-refractivity contribution in [2.24, 2.45) is 5.41 Å². The van der Waals surface area contributed by atoms with Gasteiger partial charge in [-0.05, 0) is 17.5 Å². The average molecular weight is 469 g/mol. The molecule has 32 heavy (non-hydrogen) atoms. The first-order chi connectivity index (χ1) is 15.0. The molecule has 1 aromatic carbocycles. The third-order valence-corrected chi connectivity index (χ3v) is 5.96. The summed E-state index contributed by atoms with van der Waals surface area (Å²) >= 11 is 1.36. The molecule has 178 valence electrons. The second kappa shape index (κ2) is 11.2. The molecule has 5 atom stereocenters. The van der Waals surface area contributed by atoms with Crippen molar-refractivity contribution in [2.75, 3.05) is 25.3 Å². The Morgan fingerprint density at radius 2 is 1.94 bits per heavy atom. The van der Waals surface area contributed by atoms with Crippen LogP contribution in [0.25, 0.3) is 0 Å². The van der Waals surface area contributed by atoms with Crippen LogP contribution in [0.4, 0.5) is 5.69 Å². The lowest BCUT2D eigenvalue weighted by Gasteiger charge is -2.28. The van der Waals surface area contributed by atoms with Gasteiger partial charge in [0.1, 0.15) is 30.1 Å². The summed E-state index contributed by atoms with van der Waals surface area (Å²) in [6.45, 7) is 5.73. The van der Waals surface area contributed by atoms with E-state index in [1.807, 2.05) is 26.8 Å². The fourth-order valence-electron chi connectivity index (χ4n) is 3.03. The number of thioether (sulfide) groups is 1. The number of nitrogens with one attached hydrogen (secondary N) is 2. The van der Waals surface area contributed by atoms with Crippen molar-refractivity contribution >= 4 is 29.3 Å². The number of hydrogen-bond donors (Lipinski definition) is 5. The first-order valence-corrected chi connectivity index (χ1v) is 11.1. The molecule has 1 aliphatic heterocycles. The van der Waals surface area contributed by atoms with Crippen molar-refractivity contribution < 1.29 is 34.4 Å². The van der Waals surface area contributed by atoms with Crippen LogP contribution in [-0.2, 0) is 14.3 Å². The molecule has 5 N–H and O–H groups in total. The number of fused-ring (bicyclic) bond motifs is 1. The van der Waals surface area contributed by atoms with Gasteiger partial charge in [-0.15, -0.1) is 11.8 Å². The molecule has 0 spiro atoms. The molecule has 10 heteroatoms. The van der Waals surface area contributed by atoms with Crippen molar-refractivity contribution in [1.82, 2.24) is 5.32 Å². The zero-order valence-corrected chi connectivity index (χ0v) is 19.7. The second-order valence-electron chi connectivity index (χ2n) is 8.55. The van der Waals surface area contributed by atoms with E-state index in [9.17, 15) is 24.9 Å². The lowest BCUT2D eigenvalue weighted by molar-refractivity contribution is -0.150. The highest BCUT2D eigenvalue weighted by atomic mass is 32.2. The van der Waals surface area contributed by atoms with Crippen molar-refractivity contribution in [2.45, 2.75) is 56.1 Å². The molecular formula is C22H32N2O7S. The van der Waals surface area contributed by atoms with Crippen molar-refractivity contribution in [1.29, 1.82) is 0 Å². The fourth-order valence-corrected chi connectivity index (χ4v) is 4.08. The number of amides is 2. The molecular weight excluding hydrogens is 436 g/mol. The van der Waals surface area contributed by atoms with E-state index in [2.05, 4.69) is 10.6 Å². The monoisotopic (exact) mass is 468 g/mol. The van der Waals surface area contributed by atoms with Crippen LogP contribution < -0.4 is 15.4 Å². The van der Waals surface area contributed by atoms with Crippen LogP contribution in [0.5, 0.6) is 5.75 Å². The Kier molecular flexibility index (Phi) is 9.11. The molecule has 0 fully saturated rings. The molecule has 0 aliphatic carbocycles. The maximum Gasteiger partial charge on any atom is 0.252 e. The SMILES string of the molecule is COc1cccc2c1NC(=O)C(NC(=O)[C@H](OC)[C@H](O)[C@@H](O)[C@H](O)C=CC(C)(C)C)CS2. The minimum atomic E-state index is -1.72. The molecule has 0 radical (unpaired) electrons. The van der Waals surface area contributed by atoms with Crippen LogP contribution in [0.3, 0.4) is 0 Å². The molecule has 0 saturated carbocycles. The van der Waals surface area contributed by atoms with Crippen LogP contribution in [0.15, 0.2) is 35.2 Å². The topological polar surface area (TPSA) is 137 Å². The summed E-state index contributed by atoms with van der Waals surface area (Å²) in [5.74, 6) is -0.498. The van der Waals surface area contributed by atoms with Crippen molar-refractivity contribution in [3.05, 3.63) is 30.4 Å². The van der Waals surface area contributed by atoms with Gasteiger partial charge in [-0.25, -0.2) is 0 Å². The van der Waals surface area contributed by atoms with E-state index in [1.165, 1.54) is 32.1 Å². The summed E-state index contributed by atoms with van der Waals surface area (Å²) in [6.07, 6.45) is -3.25. The van der Waals surface area contributed by atoms with Gasteiger partial charge in [0.25, 0.3) is 5.91 Å². The van der Waals surface area contributed by atoms with Gasteiger partial charge in [0, 0.05) is 17.8 Å². The molecule has 0 aromatic heterocycles. The van der Waals surface area contributed by atoms with Gasteiger partial charge in [0.2, 0.25) is 5.91 Å². The van der Waals surface area contributed by atoms with Crippen LogP contribution in [0.1, 0.15) is 20.8 Å². The zero-order chi connectivity index (χ0) is 24.1. The molecule has 2 rings (SSSR count). The second-order valence-corrected chi connectivity index (χ2v) is 9.61. The molecule has 0 saturated heterocycles. The number of aliphatic hydroxyl groups is 3. The minimum Gasteiger partial charge on any atom is -0.495 e. The number of aliphatic hydroxyl groups excluding tert-OH is 3. The summed E-state index contributed by atoms with van der Waals surface area (Å²) in [4.78, 5) is 26.2. The standard InChI is InChI=1S/C22H32N2O7S/c1-22(2,3)10-9-13(25)17(26)18(27)19(31-5)21(29)23-12-11-32-15-8-6-7-14(30-4)16(15)24-20(12)28/h6-10,12-13,17-19,25-27H,11H2,1-5H3,(H,23,29)(H,24,28)/t12?,13-,17+,18-,19-/m1/s1. The summed E-state index contributed by atoms with van der Waals surface area (Å²) in [6, 6.07) is 4.43. The van der Waals surface area contributed by atoms with Crippen molar-refractivity contribution in [3.63, 3.8) is 0 Å². The average Bonchev–Trinajstić information content (AvgIpc) is 2.89. The number of benzene rings is 1. The Morgan fingerprint density at radius 3 is 2.53 bits per heavy atom. The number of hydrogen-bond acceptors (Lipinski definition) is 8. The Hall–Kier alpha value is -2.11. The van der Waals surface area contributed by atoms with Gasteiger partial charge >= 0.3 is 0 Å². The van der Waals surface area contributed by atoms with Gasteiger partial charge in [-0.2, -0.15) is 0 Å². The van der Waals surface area contributed by atoms with E-state index in [1.54, 1.807) is 18.2 Å². The number of para-hydroxylation sites is 1. The minimum absolute atomic E-state index is 0.240. The molecule has 9 nitrogen and oxygen atoms in total. The third-order valence-electron chi connectivity index (χ3n) is 4.81. The zero-order valence-electron chi connectivity index (χ0n) is 18.9. The number of allylic oxidation sites excluding steroid dienone is 1. The molecule has 1 aliphatic rings. The Bertz CT molecular complexity index is 840. The molecule has 1 heterocycles. The lowest BCUT2D eigenvalue weighted by Crippen LogP contribution is -2.55. The van der Waals surface area contributed by atoms with Crippen LogP contribution in [0.2, 0.25) is 0 Å². The maximum atomic E-state index is 12.8. The number of carbonyl (C=O) groups excluding carboxylic acids is 2. The van der Waals surface area contributed by atoms with E-state index >= 15 is 0 Å². The van der Waals surface area contributed by atoms with E-state index < -0.39 is 42.3 Å². The fraction of sp³-hybridized carbons (Fsp3) is 0.545. The smallest absolute Gasteiger partial charge is 0.252 e. The highest BCUT2D eigenvalue weighted by Crippen LogP contribution is 2.37. The molecule has 2 amide bonds. The molecule has 1 aromatic rings. The highest BCUT2D eigenvalue weighted by molar-refractivity contribution is 7.99. The number of rotatable bonds is 8. The van der Waals surface area contributed by atoms with Gasteiger partial charge < -0.3 is 35.4 Å². The predicted octanol–water partition coefficient (Wildman–Crippen LogP) is 0.924. The number of carbonyl (C=O) groups is 2. The largest absolute Gasteiger partial charge is 0.495 e. The first-order valence-electron chi connectivity index (χ1n) is 10.2. The highest BCUT2D eigenvalue weighted by Gasteiger charge is 2.37.